The van der Waals surface area contributed by atoms with Gasteiger partial charge in [-0.3, -0.25) is 4.99 Å². The lowest BCUT2D eigenvalue weighted by Gasteiger charge is -1.94. The summed E-state index contributed by atoms with van der Waals surface area (Å²) in [7, 11) is 1.69. The quantitative estimate of drug-likeness (QED) is 0.544. The van der Waals surface area contributed by atoms with Gasteiger partial charge < -0.3 is 5.41 Å². The molecule has 2 nitrogen and oxygen atoms in total. The Labute approximate surface area is 55.8 Å². The zero-order valence-corrected chi connectivity index (χ0v) is 6.10. The van der Waals surface area contributed by atoms with Crippen molar-refractivity contribution in [1.29, 1.82) is 5.41 Å². The molecule has 2 heteroatoms. The van der Waals surface area contributed by atoms with Crippen LogP contribution in [0.25, 0.3) is 0 Å². The average molecular weight is 124 g/mol. The van der Waals surface area contributed by atoms with Gasteiger partial charge in [0, 0.05) is 13.3 Å². The number of nitrogens with zero attached hydrogens (tertiary/aromatic N) is 1. The third kappa shape index (κ3) is 2.22. The molecule has 9 heavy (non-hydrogen) atoms. The predicted molar refractivity (Wildman–Crippen MR) is 41.6 cm³/mol. The first-order chi connectivity index (χ1) is 4.26. The molecule has 0 aliphatic carbocycles. The fourth-order valence-electron chi connectivity index (χ4n) is 0.503. The second-order valence-electron chi connectivity index (χ2n) is 1.72. The Morgan fingerprint density at radius 2 is 2.11 bits per heavy atom. The molecule has 0 fully saturated rings. The molecule has 0 aliphatic rings. The van der Waals surface area contributed by atoms with Crippen LogP contribution >= 0.6 is 0 Å². The molecule has 0 amide bonds. The van der Waals surface area contributed by atoms with Crippen LogP contribution in [-0.2, 0) is 0 Å². The fraction of sp³-hybridized carbons (Fsp3) is 0.429. The smallest absolute Gasteiger partial charge is 0.0772 e. The molecule has 0 heterocycles. The highest BCUT2D eigenvalue weighted by atomic mass is 14.7. The van der Waals surface area contributed by atoms with E-state index in [0.717, 1.165) is 11.3 Å². The molecule has 0 aromatic carbocycles. The summed E-state index contributed by atoms with van der Waals surface area (Å²) in [4.78, 5) is 3.88. The summed E-state index contributed by atoms with van der Waals surface area (Å²) in [6, 6.07) is 0. The standard InChI is InChI=1S/C7H12N2/c1-4-6(2)7(5-8)9-3/h4-5,8H,1-3H3/b6-4-,8-5?,9-7?. The van der Waals surface area contributed by atoms with Gasteiger partial charge in [0.05, 0.1) is 5.71 Å². The number of hydrogen-bond donors (Lipinski definition) is 1. The summed E-state index contributed by atoms with van der Waals surface area (Å²) in [5.74, 6) is 0. The van der Waals surface area contributed by atoms with Crippen molar-refractivity contribution in [2.75, 3.05) is 7.05 Å². The van der Waals surface area contributed by atoms with Crippen LogP contribution in [0.15, 0.2) is 16.6 Å². The summed E-state index contributed by atoms with van der Waals surface area (Å²) in [6.07, 6.45) is 3.20. The Bertz CT molecular complexity index is 154. The number of hydrogen-bond acceptors (Lipinski definition) is 2. The zero-order chi connectivity index (χ0) is 7.28. The van der Waals surface area contributed by atoms with E-state index in [1.165, 1.54) is 6.21 Å². The van der Waals surface area contributed by atoms with E-state index in [-0.39, 0.29) is 0 Å². The van der Waals surface area contributed by atoms with Crippen molar-refractivity contribution in [2.45, 2.75) is 13.8 Å². The van der Waals surface area contributed by atoms with Crippen molar-refractivity contribution in [3.05, 3.63) is 11.6 Å². The van der Waals surface area contributed by atoms with E-state index >= 15 is 0 Å². The van der Waals surface area contributed by atoms with E-state index in [9.17, 15) is 0 Å². The molecule has 0 unspecified atom stereocenters. The summed E-state index contributed by atoms with van der Waals surface area (Å²) in [6.45, 7) is 3.87. The molecule has 0 atom stereocenters. The maximum Gasteiger partial charge on any atom is 0.0772 e. The molecular formula is C7H12N2. The lowest BCUT2D eigenvalue weighted by molar-refractivity contribution is 1.41. The van der Waals surface area contributed by atoms with E-state index in [0.29, 0.717) is 0 Å². The van der Waals surface area contributed by atoms with E-state index in [2.05, 4.69) is 4.99 Å². The van der Waals surface area contributed by atoms with Gasteiger partial charge in [-0.1, -0.05) is 6.08 Å². The second kappa shape index (κ2) is 4.01. The molecule has 0 aromatic rings. The van der Waals surface area contributed by atoms with Crippen LogP contribution in [0, 0.1) is 5.41 Å². The lowest BCUT2D eigenvalue weighted by atomic mass is 10.2. The highest BCUT2D eigenvalue weighted by molar-refractivity contribution is 6.36. The van der Waals surface area contributed by atoms with Crippen LogP contribution in [0.3, 0.4) is 0 Å². The first-order valence-corrected chi connectivity index (χ1v) is 2.86. The topological polar surface area (TPSA) is 36.2 Å². The number of aliphatic imine (C=N–C) groups is 1. The van der Waals surface area contributed by atoms with Gasteiger partial charge in [-0.15, -0.1) is 0 Å². The molecule has 50 valence electrons. The minimum atomic E-state index is 0.748. The molecule has 0 spiro atoms. The zero-order valence-electron chi connectivity index (χ0n) is 6.10. The summed E-state index contributed by atoms with van der Waals surface area (Å²) < 4.78 is 0. The van der Waals surface area contributed by atoms with E-state index < -0.39 is 0 Å². The molecule has 0 saturated carbocycles. The molecule has 0 saturated heterocycles. The van der Waals surface area contributed by atoms with Crippen molar-refractivity contribution < 1.29 is 0 Å². The van der Waals surface area contributed by atoms with E-state index in [1.807, 2.05) is 19.9 Å². The van der Waals surface area contributed by atoms with Crippen molar-refractivity contribution in [1.82, 2.24) is 0 Å². The van der Waals surface area contributed by atoms with Crippen molar-refractivity contribution in [3.63, 3.8) is 0 Å². The third-order valence-electron chi connectivity index (χ3n) is 1.21. The predicted octanol–water partition coefficient (Wildman–Crippen LogP) is 1.67. The molecule has 1 N–H and O–H groups in total. The van der Waals surface area contributed by atoms with Crippen LogP contribution < -0.4 is 0 Å². The first kappa shape index (κ1) is 8.08. The lowest BCUT2D eigenvalue weighted by Crippen LogP contribution is -1.99. The van der Waals surface area contributed by atoms with Crippen molar-refractivity contribution >= 4 is 11.9 Å². The molecule has 0 radical (unpaired) electrons. The highest BCUT2D eigenvalue weighted by Crippen LogP contribution is 1.92. The second-order valence-corrected chi connectivity index (χ2v) is 1.72. The Morgan fingerprint density at radius 3 is 2.22 bits per heavy atom. The molecule has 0 aliphatic heterocycles. The normalized spacial score (nSPS) is 13.7. The van der Waals surface area contributed by atoms with Crippen LogP contribution in [0.1, 0.15) is 13.8 Å². The first-order valence-electron chi connectivity index (χ1n) is 2.86. The molecule has 0 rings (SSSR count). The molecular weight excluding hydrogens is 112 g/mol. The number of rotatable bonds is 2. The Hall–Kier alpha value is -0.920. The van der Waals surface area contributed by atoms with Crippen LogP contribution in [-0.4, -0.2) is 19.0 Å². The van der Waals surface area contributed by atoms with Gasteiger partial charge in [0.1, 0.15) is 0 Å². The van der Waals surface area contributed by atoms with Crippen LogP contribution in [0.2, 0.25) is 0 Å². The highest BCUT2D eigenvalue weighted by Gasteiger charge is 1.91. The van der Waals surface area contributed by atoms with E-state index in [4.69, 9.17) is 5.41 Å². The summed E-state index contributed by atoms with van der Waals surface area (Å²) >= 11 is 0. The Kier molecular flexibility index (Phi) is 3.60. The Morgan fingerprint density at radius 1 is 1.56 bits per heavy atom. The van der Waals surface area contributed by atoms with Gasteiger partial charge >= 0.3 is 0 Å². The fourth-order valence-corrected chi connectivity index (χ4v) is 0.503. The van der Waals surface area contributed by atoms with Crippen LogP contribution in [0.5, 0.6) is 0 Å². The van der Waals surface area contributed by atoms with Crippen molar-refractivity contribution in [3.8, 4) is 0 Å². The molecule has 0 bridgehead atoms. The van der Waals surface area contributed by atoms with E-state index in [1.54, 1.807) is 7.05 Å². The van der Waals surface area contributed by atoms with Gasteiger partial charge in [-0.2, -0.15) is 0 Å². The van der Waals surface area contributed by atoms with Gasteiger partial charge in [0.2, 0.25) is 0 Å². The monoisotopic (exact) mass is 124 g/mol. The summed E-state index contributed by atoms with van der Waals surface area (Å²) in [5.41, 5.74) is 1.80. The van der Waals surface area contributed by atoms with Gasteiger partial charge in [0.15, 0.2) is 0 Å². The SMILES string of the molecule is C/C=C(/C)C(C=N)=NC. The number of allylic oxidation sites excluding steroid dienone is 2. The maximum atomic E-state index is 6.90. The van der Waals surface area contributed by atoms with Crippen molar-refractivity contribution in [2.24, 2.45) is 4.99 Å². The van der Waals surface area contributed by atoms with Gasteiger partial charge in [0.25, 0.3) is 0 Å². The largest absolute Gasteiger partial charge is 0.307 e. The third-order valence-corrected chi connectivity index (χ3v) is 1.21. The van der Waals surface area contributed by atoms with Gasteiger partial charge in [-0.05, 0) is 19.4 Å². The maximum absolute atomic E-state index is 6.90. The minimum Gasteiger partial charge on any atom is -0.307 e. The average Bonchev–Trinajstić information content (AvgIpc) is 1.90. The van der Waals surface area contributed by atoms with Gasteiger partial charge in [-0.25, -0.2) is 0 Å². The van der Waals surface area contributed by atoms with Crippen LogP contribution in [0.4, 0.5) is 0 Å². The minimum absolute atomic E-state index is 0.748. The number of nitrogens with one attached hydrogen (secondary N) is 1. The summed E-state index contributed by atoms with van der Waals surface area (Å²) in [5, 5.41) is 6.90. The molecule has 0 aromatic heterocycles. The Balaban J connectivity index is 4.32.